The summed E-state index contributed by atoms with van der Waals surface area (Å²) in [6.07, 6.45) is 5.10. The first-order chi connectivity index (χ1) is 17.0. The van der Waals surface area contributed by atoms with Gasteiger partial charge in [0.25, 0.3) is 11.9 Å². The molecule has 2 aromatic carbocycles. The molecule has 0 spiro atoms. The van der Waals surface area contributed by atoms with Crippen LogP contribution >= 0.6 is 11.3 Å². The van der Waals surface area contributed by atoms with Gasteiger partial charge in [0.2, 0.25) is 4.96 Å². The summed E-state index contributed by atoms with van der Waals surface area (Å²) in [7, 11) is 1.62. The lowest BCUT2D eigenvalue weighted by Crippen LogP contribution is -2.15. The van der Waals surface area contributed by atoms with E-state index in [2.05, 4.69) is 22.3 Å². The molecular formula is C27H30N4O3S. The van der Waals surface area contributed by atoms with Gasteiger partial charge in [-0.3, -0.25) is 10.1 Å². The molecular weight excluding hydrogens is 460 g/mol. The monoisotopic (exact) mass is 490 g/mol. The van der Waals surface area contributed by atoms with Gasteiger partial charge in [0.05, 0.1) is 19.4 Å². The molecule has 0 aliphatic carbocycles. The van der Waals surface area contributed by atoms with Crippen LogP contribution < -0.4 is 14.8 Å². The van der Waals surface area contributed by atoms with Crippen LogP contribution in [0.3, 0.4) is 0 Å². The van der Waals surface area contributed by atoms with Gasteiger partial charge in [0.1, 0.15) is 0 Å². The molecule has 0 unspecified atom stereocenters. The maximum absolute atomic E-state index is 13.4. The number of amides is 1. The summed E-state index contributed by atoms with van der Waals surface area (Å²) in [6, 6.07) is 15.2. The number of nitrogens with one attached hydrogen (secondary N) is 1. The van der Waals surface area contributed by atoms with Crippen LogP contribution in [0.5, 0.6) is 11.5 Å². The first-order valence-corrected chi connectivity index (χ1v) is 12.5. The van der Waals surface area contributed by atoms with Crippen LogP contribution in [0.2, 0.25) is 0 Å². The number of carbonyl (C=O) groups excluding carboxylic acids is 1. The fourth-order valence-electron chi connectivity index (χ4n) is 3.66. The molecule has 4 aromatic rings. The lowest BCUT2D eigenvalue weighted by molar-refractivity contribution is -0.111. The van der Waals surface area contributed by atoms with Gasteiger partial charge in [0.15, 0.2) is 11.5 Å². The van der Waals surface area contributed by atoms with E-state index in [1.807, 2.05) is 68.5 Å². The number of fused-ring (bicyclic) bond motifs is 1. The molecule has 35 heavy (non-hydrogen) atoms. The van der Waals surface area contributed by atoms with Crippen LogP contribution in [0.4, 0.5) is 5.95 Å². The average molecular weight is 491 g/mol. The third kappa shape index (κ3) is 5.71. The van der Waals surface area contributed by atoms with Crippen LogP contribution in [-0.2, 0) is 4.79 Å². The van der Waals surface area contributed by atoms with Crippen molar-refractivity contribution in [3.8, 4) is 11.5 Å². The van der Waals surface area contributed by atoms with E-state index in [1.54, 1.807) is 23.0 Å². The average Bonchev–Trinajstić information content (AvgIpc) is 3.38. The van der Waals surface area contributed by atoms with Gasteiger partial charge in [-0.05, 0) is 49.6 Å². The number of unbranched alkanes of at least 4 members (excludes halogenated alkanes) is 2. The molecule has 0 fully saturated rings. The molecule has 1 N–H and O–H groups in total. The third-order valence-electron chi connectivity index (χ3n) is 5.71. The number of aryl methyl sites for hydroxylation is 2. The highest BCUT2D eigenvalue weighted by atomic mass is 32.1. The fraction of sp³-hybridized carbons (Fsp3) is 0.296. The number of benzene rings is 2. The smallest absolute Gasteiger partial charge is 0.258 e. The summed E-state index contributed by atoms with van der Waals surface area (Å²) in [4.78, 5) is 19.7. The Balaban J connectivity index is 1.62. The summed E-state index contributed by atoms with van der Waals surface area (Å²) in [6.45, 7) is 6.82. The Labute approximate surface area is 209 Å². The summed E-state index contributed by atoms with van der Waals surface area (Å²) in [5, 5.41) is 7.32. The molecule has 0 saturated carbocycles. The number of ether oxygens (including phenoxy) is 2. The minimum Gasteiger partial charge on any atom is -0.493 e. The van der Waals surface area contributed by atoms with Crippen LogP contribution in [0.15, 0.2) is 48.5 Å². The fourth-order valence-corrected chi connectivity index (χ4v) is 4.56. The van der Waals surface area contributed by atoms with Crippen LogP contribution in [-0.4, -0.2) is 34.2 Å². The zero-order chi connectivity index (χ0) is 24.8. The highest BCUT2D eigenvalue weighted by Crippen LogP contribution is 2.30. The Hall–Kier alpha value is -3.65. The Bertz CT molecular complexity index is 1340. The Kier molecular flexibility index (Phi) is 7.82. The Morgan fingerprint density at radius 1 is 1.11 bits per heavy atom. The number of nitrogens with zero attached hydrogens (tertiary/aromatic N) is 3. The molecule has 182 valence electrons. The van der Waals surface area contributed by atoms with Crippen molar-refractivity contribution in [3.63, 3.8) is 0 Å². The molecule has 0 atom stereocenters. The highest BCUT2D eigenvalue weighted by Gasteiger charge is 2.17. The lowest BCUT2D eigenvalue weighted by atomic mass is 10.0. The predicted molar refractivity (Wildman–Crippen MR) is 141 cm³/mol. The number of thiazole rings is 1. The number of anilines is 1. The van der Waals surface area contributed by atoms with Crippen molar-refractivity contribution in [2.24, 2.45) is 0 Å². The minimum absolute atomic E-state index is 0.277. The molecule has 0 aliphatic heterocycles. The van der Waals surface area contributed by atoms with E-state index in [4.69, 9.17) is 9.47 Å². The second-order valence-corrected chi connectivity index (χ2v) is 9.40. The van der Waals surface area contributed by atoms with E-state index in [-0.39, 0.29) is 11.9 Å². The van der Waals surface area contributed by atoms with Gasteiger partial charge in [-0.25, -0.2) is 4.52 Å². The predicted octanol–water partition coefficient (Wildman–Crippen LogP) is 6.16. The molecule has 0 saturated heterocycles. The molecule has 2 heterocycles. The largest absolute Gasteiger partial charge is 0.493 e. The van der Waals surface area contributed by atoms with Crippen molar-refractivity contribution in [2.75, 3.05) is 19.0 Å². The van der Waals surface area contributed by atoms with E-state index in [1.165, 1.54) is 0 Å². The standard InChI is InChI=1S/C27H30N4O3S/c1-5-6-10-15-34-23-14-13-20(17-24(23)33-4)16-22(21-11-8-7-9-12-21)25(32)28-26-29-27-31(30-26)18(2)19(3)35-27/h7-9,11-14,16-17H,5-6,10,15H2,1-4H3,(H,28,30,32)/b22-16+. The summed E-state index contributed by atoms with van der Waals surface area (Å²) in [5.41, 5.74) is 3.12. The first kappa shape index (κ1) is 24.5. The summed E-state index contributed by atoms with van der Waals surface area (Å²) in [5.74, 6) is 1.31. The van der Waals surface area contributed by atoms with E-state index < -0.39 is 0 Å². The van der Waals surface area contributed by atoms with Crippen molar-refractivity contribution in [2.45, 2.75) is 40.0 Å². The molecule has 0 bridgehead atoms. The zero-order valence-corrected chi connectivity index (χ0v) is 21.3. The molecule has 2 aromatic heterocycles. The molecule has 8 heteroatoms. The van der Waals surface area contributed by atoms with Gasteiger partial charge >= 0.3 is 0 Å². The summed E-state index contributed by atoms with van der Waals surface area (Å²) >= 11 is 1.55. The molecule has 4 rings (SSSR count). The van der Waals surface area contributed by atoms with E-state index in [9.17, 15) is 4.79 Å². The van der Waals surface area contributed by atoms with E-state index in [0.29, 0.717) is 23.7 Å². The zero-order valence-electron chi connectivity index (χ0n) is 20.5. The second kappa shape index (κ2) is 11.2. The highest BCUT2D eigenvalue weighted by molar-refractivity contribution is 7.17. The normalized spacial score (nSPS) is 11.6. The van der Waals surface area contributed by atoms with Gasteiger partial charge in [-0.1, -0.05) is 67.5 Å². The minimum atomic E-state index is -0.289. The molecule has 1 amide bonds. The molecule has 7 nitrogen and oxygen atoms in total. The van der Waals surface area contributed by atoms with E-state index >= 15 is 0 Å². The quantitative estimate of drug-likeness (QED) is 0.164. The van der Waals surface area contributed by atoms with Crippen LogP contribution in [0.25, 0.3) is 16.6 Å². The lowest BCUT2D eigenvalue weighted by Gasteiger charge is -2.12. The number of aromatic nitrogens is 3. The van der Waals surface area contributed by atoms with Gasteiger partial charge in [-0.15, -0.1) is 5.10 Å². The number of carbonyl (C=O) groups is 1. The van der Waals surface area contributed by atoms with Crippen LogP contribution in [0, 0.1) is 13.8 Å². The van der Waals surface area contributed by atoms with E-state index in [0.717, 1.165) is 45.9 Å². The number of hydrogen-bond donors (Lipinski definition) is 1. The van der Waals surface area contributed by atoms with Gasteiger partial charge < -0.3 is 9.47 Å². The second-order valence-electron chi connectivity index (χ2n) is 8.22. The number of methoxy groups -OCH3 is 1. The number of rotatable bonds is 10. The molecule has 0 radical (unpaired) electrons. The maximum Gasteiger partial charge on any atom is 0.258 e. The first-order valence-electron chi connectivity index (χ1n) is 11.7. The third-order valence-corrected chi connectivity index (χ3v) is 6.76. The Morgan fingerprint density at radius 3 is 2.63 bits per heavy atom. The molecule has 0 aliphatic rings. The van der Waals surface area contributed by atoms with Crippen molar-refractivity contribution < 1.29 is 14.3 Å². The van der Waals surface area contributed by atoms with Crippen molar-refractivity contribution in [1.29, 1.82) is 0 Å². The Morgan fingerprint density at radius 2 is 1.91 bits per heavy atom. The number of hydrogen-bond acceptors (Lipinski definition) is 6. The maximum atomic E-state index is 13.4. The SMILES string of the molecule is CCCCCOc1ccc(/C=C(/C(=O)Nc2nc3sc(C)c(C)n3n2)c2ccccc2)cc1OC. The van der Waals surface area contributed by atoms with Crippen LogP contribution in [0.1, 0.15) is 47.9 Å². The van der Waals surface area contributed by atoms with Crippen molar-refractivity contribution in [3.05, 3.63) is 70.2 Å². The van der Waals surface area contributed by atoms with Crippen molar-refractivity contribution >= 4 is 39.8 Å². The summed E-state index contributed by atoms with van der Waals surface area (Å²) < 4.78 is 13.2. The van der Waals surface area contributed by atoms with Gasteiger partial charge in [-0.2, -0.15) is 4.98 Å². The van der Waals surface area contributed by atoms with Crippen molar-refractivity contribution in [1.82, 2.24) is 14.6 Å². The topological polar surface area (TPSA) is 77.8 Å². The van der Waals surface area contributed by atoms with Gasteiger partial charge in [0, 0.05) is 10.5 Å².